The maximum atomic E-state index is 12.7. The molecule has 0 N–H and O–H groups in total. The zero-order chi connectivity index (χ0) is 20.2. The van der Waals surface area contributed by atoms with Crippen molar-refractivity contribution in [1.29, 1.82) is 0 Å². The van der Waals surface area contributed by atoms with Crippen molar-refractivity contribution in [3.63, 3.8) is 0 Å². The third-order valence-corrected chi connectivity index (χ3v) is 5.75. The van der Waals surface area contributed by atoms with Crippen molar-refractivity contribution in [2.45, 2.75) is 6.54 Å². The van der Waals surface area contributed by atoms with Crippen molar-refractivity contribution in [2.24, 2.45) is 0 Å². The average Bonchev–Trinajstić information content (AvgIpc) is 3.09. The van der Waals surface area contributed by atoms with Crippen LogP contribution in [0.1, 0.15) is 5.56 Å². The van der Waals surface area contributed by atoms with E-state index in [0.29, 0.717) is 31.2 Å². The van der Waals surface area contributed by atoms with Gasteiger partial charge in [0.2, 0.25) is 5.91 Å². The number of piperazine rings is 1. The predicted octanol–water partition coefficient (Wildman–Crippen LogP) is 2.93. The summed E-state index contributed by atoms with van der Waals surface area (Å²) in [5, 5.41) is 0.596. The van der Waals surface area contributed by atoms with E-state index < -0.39 is 0 Å². The number of carbonyl (C=O) groups excluding carboxylic acids is 2. The molecule has 0 radical (unpaired) electrons. The molecule has 2 aliphatic rings. The molecule has 2 saturated heterocycles. The zero-order valence-corrected chi connectivity index (χ0v) is 17.1. The fraction of sp³-hybridized carbons (Fsp3) is 0.364. The maximum Gasteiger partial charge on any atom is 0.325 e. The SMILES string of the molecule is O=C(CN1CCN(c2cccc(Cl)c2)C1=O)N1CCN(Cc2ccccc2)CC1. The van der Waals surface area contributed by atoms with E-state index in [9.17, 15) is 9.59 Å². The number of amides is 3. The summed E-state index contributed by atoms with van der Waals surface area (Å²) in [6.45, 7) is 5.25. The Labute approximate surface area is 176 Å². The molecule has 152 valence electrons. The Kier molecular flexibility index (Phi) is 6.02. The lowest BCUT2D eigenvalue weighted by atomic mass is 10.2. The van der Waals surface area contributed by atoms with Crippen LogP contribution in [0.5, 0.6) is 0 Å². The predicted molar refractivity (Wildman–Crippen MR) is 114 cm³/mol. The number of hydrogen-bond donors (Lipinski definition) is 0. The van der Waals surface area contributed by atoms with E-state index in [1.807, 2.05) is 23.1 Å². The van der Waals surface area contributed by atoms with Crippen molar-refractivity contribution in [1.82, 2.24) is 14.7 Å². The summed E-state index contributed by atoms with van der Waals surface area (Å²) in [5.74, 6) is 0.0191. The van der Waals surface area contributed by atoms with Crippen LogP contribution in [-0.2, 0) is 11.3 Å². The molecule has 2 fully saturated rings. The molecule has 0 spiro atoms. The Morgan fingerprint density at radius 3 is 2.38 bits per heavy atom. The number of urea groups is 1. The van der Waals surface area contributed by atoms with Gasteiger partial charge in [-0.05, 0) is 23.8 Å². The molecule has 6 nitrogen and oxygen atoms in total. The standard InChI is InChI=1S/C22H25ClN4O2/c23-19-7-4-8-20(15-19)27-14-13-26(22(27)29)17-21(28)25-11-9-24(10-12-25)16-18-5-2-1-3-6-18/h1-8,15H,9-14,16-17H2. The van der Waals surface area contributed by atoms with Gasteiger partial charge in [-0.15, -0.1) is 0 Å². The summed E-state index contributed by atoms with van der Waals surface area (Å²) in [7, 11) is 0. The Hall–Kier alpha value is -2.57. The second-order valence-electron chi connectivity index (χ2n) is 7.48. The fourth-order valence-electron chi connectivity index (χ4n) is 3.87. The number of halogens is 1. The fourth-order valence-corrected chi connectivity index (χ4v) is 4.06. The second-order valence-corrected chi connectivity index (χ2v) is 7.91. The summed E-state index contributed by atoms with van der Waals surface area (Å²) < 4.78 is 0. The second kappa shape index (κ2) is 8.84. The van der Waals surface area contributed by atoms with E-state index in [1.54, 1.807) is 21.9 Å². The Morgan fingerprint density at radius 2 is 1.66 bits per heavy atom. The van der Waals surface area contributed by atoms with Gasteiger partial charge in [0.25, 0.3) is 0 Å². The van der Waals surface area contributed by atoms with Gasteiger partial charge in [-0.1, -0.05) is 48.0 Å². The Bertz CT molecular complexity index is 868. The summed E-state index contributed by atoms with van der Waals surface area (Å²) >= 11 is 6.04. The normalized spacial score (nSPS) is 17.8. The van der Waals surface area contributed by atoms with Crippen molar-refractivity contribution < 1.29 is 9.59 Å². The van der Waals surface area contributed by atoms with Gasteiger partial charge in [-0.25, -0.2) is 4.79 Å². The first kappa shape index (κ1) is 19.7. The van der Waals surface area contributed by atoms with Gasteiger partial charge < -0.3 is 9.80 Å². The molecule has 0 saturated carbocycles. The van der Waals surface area contributed by atoms with Gasteiger partial charge in [-0.2, -0.15) is 0 Å². The summed E-state index contributed by atoms with van der Waals surface area (Å²) in [6.07, 6.45) is 0. The molecule has 0 aliphatic carbocycles. The Balaban J connectivity index is 1.27. The van der Waals surface area contributed by atoms with Crippen molar-refractivity contribution >= 4 is 29.2 Å². The van der Waals surface area contributed by atoms with Gasteiger partial charge in [0.15, 0.2) is 0 Å². The number of anilines is 1. The molecule has 0 aromatic heterocycles. The highest BCUT2D eigenvalue weighted by atomic mass is 35.5. The molecule has 0 unspecified atom stereocenters. The molecule has 2 heterocycles. The summed E-state index contributed by atoms with van der Waals surface area (Å²) in [4.78, 5) is 33.0. The number of benzene rings is 2. The van der Waals surface area contributed by atoms with Crippen LogP contribution in [0.3, 0.4) is 0 Å². The van der Waals surface area contributed by atoms with Crippen LogP contribution < -0.4 is 4.90 Å². The minimum absolute atomic E-state index is 0.0191. The van der Waals surface area contributed by atoms with Crippen molar-refractivity contribution in [2.75, 3.05) is 50.7 Å². The average molecular weight is 413 g/mol. The molecule has 7 heteroatoms. The molecule has 3 amide bonds. The van der Waals surface area contributed by atoms with Crippen LogP contribution in [0.4, 0.5) is 10.5 Å². The molecule has 4 rings (SSSR count). The molecule has 29 heavy (non-hydrogen) atoms. The van der Waals surface area contributed by atoms with E-state index in [1.165, 1.54) is 5.56 Å². The number of carbonyl (C=O) groups is 2. The highest BCUT2D eigenvalue weighted by Crippen LogP contribution is 2.23. The van der Waals surface area contributed by atoms with Crippen LogP contribution in [0, 0.1) is 0 Å². The van der Waals surface area contributed by atoms with Gasteiger partial charge >= 0.3 is 6.03 Å². The summed E-state index contributed by atoms with van der Waals surface area (Å²) in [6, 6.07) is 17.5. The molecule has 2 aromatic rings. The van der Waals surface area contributed by atoms with Gasteiger partial charge in [0.1, 0.15) is 6.54 Å². The first-order chi connectivity index (χ1) is 14.1. The molecular formula is C22H25ClN4O2. The first-order valence-electron chi connectivity index (χ1n) is 9.96. The molecule has 0 bridgehead atoms. The third-order valence-electron chi connectivity index (χ3n) is 5.51. The van der Waals surface area contributed by atoms with Crippen LogP contribution >= 0.6 is 11.6 Å². The third kappa shape index (κ3) is 4.71. The minimum Gasteiger partial charge on any atom is -0.339 e. The van der Waals surface area contributed by atoms with Crippen LogP contribution in [0.25, 0.3) is 0 Å². The topological polar surface area (TPSA) is 47.1 Å². The number of hydrogen-bond acceptors (Lipinski definition) is 3. The molecular weight excluding hydrogens is 388 g/mol. The smallest absolute Gasteiger partial charge is 0.325 e. The lowest BCUT2D eigenvalue weighted by Crippen LogP contribution is -2.51. The van der Waals surface area contributed by atoms with E-state index in [4.69, 9.17) is 11.6 Å². The lowest BCUT2D eigenvalue weighted by Gasteiger charge is -2.35. The van der Waals surface area contributed by atoms with E-state index in [-0.39, 0.29) is 18.5 Å². The molecule has 2 aliphatic heterocycles. The molecule has 0 atom stereocenters. The minimum atomic E-state index is -0.136. The first-order valence-corrected chi connectivity index (χ1v) is 10.3. The highest BCUT2D eigenvalue weighted by Gasteiger charge is 2.32. The lowest BCUT2D eigenvalue weighted by molar-refractivity contribution is -0.133. The number of rotatable bonds is 5. The Morgan fingerprint density at radius 1 is 0.897 bits per heavy atom. The molecule has 2 aromatic carbocycles. The zero-order valence-electron chi connectivity index (χ0n) is 16.3. The van der Waals surface area contributed by atoms with Crippen LogP contribution in [0.2, 0.25) is 5.02 Å². The monoisotopic (exact) mass is 412 g/mol. The van der Waals surface area contributed by atoms with Gasteiger partial charge in [0, 0.05) is 56.5 Å². The van der Waals surface area contributed by atoms with E-state index >= 15 is 0 Å². The summed E-state index contributed by atoms with van der Waals surface area (Å²) in [5.41, 5.74) is 2.06. The van der Waals surface area contributed by atoms with E-state index in [0.717, 1.165) is 25.3 Å². The maximum absolute atomic E-state index is 12.7. The van der Waals surface area contributed by atoms with Gasteiger partial charge in [0.05, 0.1) is 0 Å². The van der Waals surface area contributed by atoms with E-state index in [2.05, 4.69) is 29.2 Å². The van der Waals surface area contributed by atoms with Crippen molar-refractivity contribution in [3.05, 3.63) is 65.2 Å². The largest absolute Gasteiger partial charge is 0.339 e. The van der Waals surface area contributed by atoms with Crippen molar-refractivity contribution in [3.8, 4) is 0 Å². The number of nitrogens with zero attached hydrogens (tertiary/aromatic N) is 4. The quantitative estimate of drug-likeness (QED) is 0.758. The van der Waals surface area contributed by atoms with Crippen LogP contribution in [0.15, 0.2) is 54.6 Å². The van der Waals surface area contributed by atoms with Gasteiger partial charge in [-0.3, -0.25) is 14.6 Å². The highest BCUT2D eigenvalue weighted by molar-refractivity contribution is 6.30. The van der Waals surface area contributed by atoms with Crippen LogP contribution in [-0.4, -0.2) is 72.5 Å².